The Hall–Kier alpha value is -5.12. The quantitative estimate of drug-likeness (QED) is 0.291. The zero-order valence-electron chi connectivity index (χ0n) is 23.5. The Morgan fingerprint density at radius 3 is 2.61 bits per heavy atom. The van der Waals surface area contributed by atoms with Crippen molar-refractivity contribution in [3.8, 4) is 34.1 Å². The van der Waals surface area contributed by atoms with Gasteiger partial charge in [0.15, 0.2) is 11.6 Å². The number of aromatic nitrogens is 5. The summed E-state index contributed by atoms with van der Waals surface area (Å²) in [5, 5.41) is 3.30. The van der Waals surface area contributed by atoms with Gasteiger partial charge in [0.2, 0.25) is 0 Å². The number of nitrogens with two attached hydrogens (primary N) is 1. The third kappa shape index (κ3) is 4.55. The Bertz CT molecular complexity index is 1820. The molecule has 0 saturated heterocycles. The summed E-state index contributed by atoms with van der Waals surface area (Å²) in [5.74, 6) is -1.01. The lowest BCUT2D eigenvalue weighted by Gasteiger charge is -2.12. The molecule has 0 spiro atoms. The molecule has 190 valence electrons. The fourth-order valence-electron chi connectivity index (χ4n) is 4.07. The average Bonchev–Trinajstić information content (AvgIpc) is 3.23. The van der Waals surface area contributed by atoms with E-state index in [-0.39, 0.29) is 29.2 Å². The van der Waals surface area contributed by atoms with Crippen molar-refractivity contribution in [3.05, 3.63) is 84.7 Å². The standard InChI is InChI=1S/C28H24FN7O2/c1-15(2)27(37)35-19-8-5-17(6-9-19)24-22(23-25(30)32-14-33-26(23)36(24)4)18-7-10-21(20(29)13-18)38-28-31-12-11-16(3)34-28/h5-14H,1H2,2-4H3,(H,35,37)(H2,30,32,33)/i3D3. The van der Waals surface area contributed by atoms with Gasteiger partial charge in [-0.25, -0.2) is 24.3 Å². The molecule has 0 radical (unpaired) electrons. The number of halogens is 1. The fourth-order valence-corrected chi connectivity index (χ4v) is 4.07. The van der Waals surface area contributed by atoms with E-state index in [0.717, 1.165) is 5.56 Å². The summed E-state index contributed by atoms with van der Waals surface area (Å²) < 4.78 is 45.3. The van der Waals surface area contributed by atoms with E-state index in [1.54, 1.807) is 25.1 Å². The van der Waals surface area contributed by atoms with E-state index in [9.17, 15) is 4.79 Å². The largest absolute Gasteiger partial charge is 0.421 e. The van der Waals surface area contributed by atoms with Crippen LogP contribution in [0.2, 0.25) is 0 Å². The summed E-state index contributed by atoms with van der Waals surface area (Å²) in [4.78, 5) is 28.3. The third-order valence-corrected chi connectivity index (χ3v) is 5.86. The number of benzene rings is 2. The maximum absolute atomic E-state index is 15.4. The van der Waals surface area contributed by atoms with Crippen molar-refractivity contribution in [1.82, 2.24) is 24.5 Å². The van der Waals surface area contributed by atoms with Gasteiger partial charge >= 0.3 is 6.01 Å². The SMILES string of the molecule is [2H]C([2H])([2H])c1ccnc(Oc2ccc(-c3c(-c4ccc(NC(=O)C(=C)C)cc4)n(C)c4ncnc(N)c34)cc2F)n1. The van der Waals surface area contributed by atoms with Gasteiger partial charge in [-0.3, -0.25) is 4.79 Å². The van der Waals surface area contributed by atoms with Gasteiger partial charge in [-0.05, 0) is 55.2 Å². The lowest BCUT2D eigenvalue weighted by Crippen LogP contribution is -2.11. The molecule has 9 nitrogen and oxygen atoms in total. The summed E-state index contributed by atoms with van der Waals surface area (Å²) in [6.45, 7) is 2.80. The predicted octanol–water partition coefficient (Wildman–Crippen LogP) is 5.43. The van der Waals surface area contributed by atoms with Gasteiger partial charge in [0.1, 0.15) is 17.8 Å². The van der Waals surface area contributed by atoms with Gasteiger partial charge in [-0.1, -0.05) is 24.8 Å². The minimum atomic E-state index is -2.47. The van der Waals surface area contributed by atoms with E-state index >= 15 is 4.39 Å². The molecule has 0 aliphatic carbocycles. The Balaban J connectivity index is 1.58. The van der Waals surface area contributed by atoms with Crippen LogP contribution in [-0.2, 0) is 11.8 Å². The number of hydrogen-bond donors (Lipinski definition) is 2. The number of nitrogens with one attached hydrogen (secondary N) is 1. The summed E-state index contributed by atoms with van der Waals surface area (Å²) in [6, 6.07) is 12.4. The molecule has 0 unspecified atom stereocenters. The van der Waals surface area contributed by atoms with Crippen LogP contribution in [0.3, 0.4) is 0 Å². The Morgan fingerprint density at radius 1 is 1.13 bits per heavy atom. The molecule has 0 bridgehead atoms. The molecule has 5 rings (SSSR count). The molecule has 0 fully saturated rings. The molecule has 2 aromatic carbocycles. The van der Waals surface area contributed by atoms with Crippen LogP contribution in [0.25, 0.3) is 33.4 Å². The van der Waals surface area contributed by atoms with Crippen molar-refractivity contribution < 1.29 is 18.0 Å². The van der Waals surface area contributed by atoms with E-state index in [0.29, 0.717) is 39.1 Å². The van der Waals surface area contributed by atoms with Crippen molar-refractivity contribution in [1.29, 1.82) is 0 Å². The van der Waals surface area contributed by atoms with Gasteiger partial charge in [0, 0.05) is 39.9 Å². The molecule has 5 aromatic rings. The Labute approximate surface area is 222 Å². The number of hydrogen-bond acceptors (Lipinski definition) is 7. The second-order valence-electron chi connectivity index (χ2n) is 8.52. The molecule has 0 aliphatic rings. The van der Waals surface area contributed by atoms with Crippen LogP contribution < -0.4 is 15.8 Å². The summed E-state index contributed by atoms with van der Waals surface area (Å²) in [7, 11) is 1.81. The van der Waals surface area contributed by atoms with Crippen molar-refractivity contribution in [3.63, 3.8) is 0 Å². The maximum atomic E-state index is 15.4. The van der Waals surface area contributed by atoms with E-state index in [4.69, 9.17) is 14.6 Å². The van der Waals surface area contributed by atoms with Crippen molar-refractivity contribution in [2.45, 2.75) is 13.8 Å². The van der Waals surface area contributed by atoms with Crippen LogP contribution in [0.5, 0.6) is 11.8 Å². The molecule has 3 N–H and O–H groups in total. The highest BCUT2D eigenvalue weighted by Gasteiger charge is 2.23. The van der Waals surface area contributed by atoms with Gasteiger partial charge < -0.3 is 20.4 Å². The summed E-state index contributed by atoms with van der Waals surface area (Å²) in [5.41, 5.74) is 10.1. The highest BCUT2D eigenvalue weighted by Crippen LogP contribution is 2.42. The molecule has 10 heteroatoms. The number of nitrogens with zero attached hydrogens (tertiary/aromatic N) is 5. The van der Waals surface area contributed by atoms with Crippen molar-refractivity contribution >= 4 is 28.4 Å². The number of anilines is 2. The molecule has 0 atom stereocenters. The van der Waals surface area contributed by atoms with E-state index in [1.165, 1.54) is 30.7 Å². The molecule has 0 saturated carbocycles. The molecule has 0 aliphatic heterocycles. The highest BCUT2D eigenvalue weighted by atomic mass is 19.1. The molecule has 1 amide bonds. The second-order valence-corrected chi connectivity index (χ2v) is 8.52. The monoisotopic (exact) mass is 512 g/mol. The number of ether oxygens (including phenoxy) is 1. The Morgan fingerprint density at radius 2 is 1.89 bits per heavy atom. The number of fused-ring (bicyclic) bond motifs is 1. The van der Waals surface area contributed by atoms with Crippen molar-refractivity contribution in [2.75, 3.05) is 11.1 Å². The normalized spacial score (nSPS) is 12.4. The third-order valence-electron chi connectivity index (χ3n) is 5.86. The first-order valence-corrected chi connectivity index (χ1v) is 11.4. The second kappa shape index (κ2) is 9.74. The maximum Gasteiger partial charge on any atom is 0.322 e. The minimum absolute atomic E-state index is 0.194. The lowest BCUT2D eigenvalue weighted by molar-refractivity contribution is -0.112. The van der Waals surface area contributed by atoms with Gasteiger partial charge in [-0.2, -0.15) is 0 Å². The summed E-state index contributed by atoms with van der Waals surface area (Å²) in [6.07, 6.45) is 2.59. The number of aryl methyl sites for hydroxylation is 2. The minimum Gasteiger partial charge on any atom is -0.421 e. The number of amides is 1. The topological polar surface area (TPSA) is 121 Å². The highest BCUT2D eigenvalue weighted by molar-refractivity contribution is 6.08. The predicted molar refractivity (Wildman–Crippen MR) is 144 cm³/mol. The van der Waals surface area contributed by atoms with Gasteiger partial charge in [-0.15, -0.1) is 0 Å². The molecule has 3 aromatic heterocycles. The number of nitrogen functional groups attached to an aromatic ring is 1. The van der Waals surface area contributed by atoms with Gasteiger partial charge in [0.25, 0.3) is 5.91 Å². The summed E-state index contributed by atoms with van der Waals surface area (Å²) >= 11 is 0. The van der Waals surface area contributed by atoms with Crippen molar-refractivity contribution in [2.24, 2.45) is 7.05 Å². The van der Waals surface area contributed by atoms with Crippen LogP contribution in [0.4, 0.5) is 15.9 Å². The van der Waals surface area contributed by atoms with Crippen LogP contribution in [0.1, 0.15) is 16.7 Å². The average molecular weight is 513 g/mol. The van der Waals surface area contributed by atoms with Crippen LogP contribution in [0.15, 0.2) is 73.2 Å². The smallest absolute Gasteiger partial charge is 0.322 e. The zero-order valence-corrected chi connectivity index (χ0v) is 20.5. The fraction of sp³-hybridized carbons (Fsp3) is 0.107. The van der Waals surface area contributed by atoms with Crippen LogP contribution >= 0.6 is 0 Å². The van der Waals surface area contributed by atoms with Crippen LogP contribution in [-0.4, -0.2) is 30.4 Å². The van der Waals surface area contributed by atoms with E-state index < -0.39 is 12.7 Å². The van der Waals surface area contributed by atoms with Gasteiger partial charge in [0.05, 0.1) is 11.1 Å². The Kier molecular flexibility index (Phi) is 5.38. The number of carbonyl (C=O) groups excluding carboxylic acids is 1. The first-order chi connectivity index (χ1) is 19.4. The molecule has 38 heavy (non-hydrogen) atoms. The van der Waals surface area contributed by atoms with E-state index in [2.05, 4.69) is 31.8 Å². The molecular formula is C28H24FN7O2. The number of carbonyl (C=O) groups is 1. The first kappa shape index (κ1) is 21.0. The van der Waals surface area contributed by atoms with Crippen LogP contribution in [0, 0.1) is 12.7 Å². The molecule has 3 heterocycles. The van der Waals surface area contributed by atoms with E-state index in [1.807, 2.05) is 23.7 Å². The molecular weight excluding hydrogens is 485 g/mol. The zero-order chi connectivity index (χ0) is 29.5. The lowest BCUT2D eigenvalue weighted by atomic mass is 9.98. The first-order valence-electron chi connectivity index (χ1n) is 12.9. The number of rotatable bonds is 6.